The Morgan fingerprint density at radius 2 is 1.95 bits per heavy atom. The van der Waals surface area contributed by atoms with Gasteiger partial charge in [0.1, 0.15) is 0 Å². The van der Waals surface area contributed by atoms with Crippen LogP contribution in [0.15, 0.2) is 34.2 Å². The molecule has 0 saturated carbocycles. The Morgan fingerprint density at radius 1 is 1.30 bits per heavy atom. The Labute approximate surface area is 121 Å². The Morgan fingerprint density at radius 3 is 2.50 bits per heavy atom. The second-order valence-electron chi connectivity index (χ2n) is 4.71. The molecule has 1 aromatic carbocycles. The molecule has 20 heavy (non-hydrogen) atoms. The molecule has 0 aliphatic rings. The fourth-order valence-corrected chi connectivity index (χ4v) is 2.28. The van der Waals surface area contributed by atoms with Crippen LogP contribution in [0.5, 0.6) is 0 Å². The summed E-state index contributed by atoms with van der Waals surface area (Å²) in [4.78, 5) is 4.54. The summed E-state index contributed by atoms with van der Waals surface area (Å²) in [6.45, 7) is 3.54. The first-order chi connectivity index (χ1) is 9.43. The summed E-state index contributed by atoms with van der Waals surface area (Å²) in [6, 6.07) is 6.90. The Kier molecular flexibility index (Phi) is 6.51. The van der Waals surface area contributed by atoms with Crippen molar-refractivity contribution < 1.29 is 8.42 Å². The number of hydrogen-bond acceptors (Lipinski definition) is 3. The highest BCUT2D eigenvalue weighted by atomic mass is 32.2. The van der Waals surface area contributed by atoms with E-state index >= 15 is 0 Å². The molecular weight excluding hydrogens is 274 g/mol. The van der Waals surface area contributed by atoms with Gasteiger partial charge in [-0.05, 0) is 30.5 Å². The molecule has 1 rings (SSSR count). The Hall–Kier alpha value is -1.56. The average Bonchev–Trinajstić information content (AvgIpc) is 2.38. The maximum Gasteiger partial charge on any atom is 0.188 e. The molecule has 1 aromatic rings. The number of hydrogen-bond donors (Lipinski definition) is 2. The predicted octanol–water partition coefficient (Wildman–Crippen LogP) is 1.34. The summed E-state index contributed by atoms with van der Waals surface area (Å²) < 4.78 is 22.7. The quantitative estimate of drug-likeness (QED) is 0.452. The first-order valence-corrected chi connectivity index (χ1v) is 8.65. The van der Waals surface area contributed by atoms with Crippen LogP contribution in [0.2, 0.25) is 0 Å². The Balaban J connectivity index is 2.41. The number of nitrogens with zero attached hydrogens (tertiary/aromatic N) is 1. The van der Waals surface area contributed by atoms with Crippen LogP contribution in [0.1, 0.15) is 25.3 Å². The van der Waals surface area contributed by atoms with Crippen molar-refractivity contribution >= 4 is 15.8 Å². The van der Waals surface area contributed by atoms with Crippen molar-refractivity contribution in [1.29, 1.82) is 0 Å². The number of benzene rings is 1. The van der Waals surface area contributed by atoms with Crippen LogP contribution < -0.4 is 11.1 Å². The van der Waals surface area contributed by atoms with Crippen molar-refractivity contribution in [2.75, 3.05) is 19.3 Å². The summed E-state index contributed by atoms with van der Waals surface area (Å²) >= 11 is 0. The largest absolute Gasteiger partial charge is 0.370 e. The summed E-state index contributed by atoms with van der Waals surface area (Å²) in [6.07, 6.45) is 4.11. The first kappa shape index (κ1) is 16.5. The van der Waals surface area contributed by atoms with Crippen molar-refractivity contribution in [3.63, 3.8) is 0 Å². The summed E-state index contributed by atoms with van der Waals surface area (Å²) in [5.74, 6) is 0.464. The van der Waals surface area contributed by atoms with E-state index in [0.29, 0.717) is 17.4 Å². The average molecular weight is 297 g/mol. The van der Waals surface area contributed by atoms with E-state index in [2.05, 4.69) is 17.2 Å². The number of nitrogens with two attached hydrogens (primary N) is 1. The molecule has 0 aliphatic carbocycles. The smallest absolute Gasteiger partial charge is 0.188 e. The monoisotopic (exact) mass is 297 g/mol. The standard InChI is InChI=1S/C14H23N3O2S/c1-3-4-10-16-14(15)17-11-9-12-5-7-13(8-6-12)20(2,18)19/h5-8H,3-4,9-11H2,1-2H3,(H3,15,16,17). The van der Waals surface area contributed by atoms with E-state index in [0.717, 1.165) is 31.4 Å². The van der Waals surface area contributed by atoms with Crippen LogP contribution in [-0.2, 0) is 16.3 Å². The van der Waals surface area contributed by atoms with Gasteiger partial charge in [-0.3, -0.25) is 4.99 Å². The van der Waals surface area contributed by atoms with Crippen LogP contribution in [0.25, 0.3) is 0 Å². The van der Waals surface area contributed by atoms with E-state index in [-0.39, 0.29) is 0 Å². The zero-order valence-corrected chi connectivity index (χ0v) is 12.9. The number of rotatable bonds is 7. The van der Waals surface area contributed by atoms with E-state index in [4.69, 9.17) is 5.73 Å². The van der Waals surface area contributed by atoms with Gasteiger partial charge in [-0.2, -0.15) is 0 Å². The third-order valence-corrected chi connectivity index (χ3v) is 3.99. The van der Waals surface area contributed by atoms with Gasteiger partial charge in [0.2, 0.25) is 0 Å². The molecule has 0 unspecified atom stereocenters. The minimum atomic E-state index is -3.12. The third kappa shape index (κ3) is 6.06. The molecule has 6 heteroatoms. The second-order valence-corrected chi connectivity index (χ2v) is 6.73. The molecule has 0 aromatic heterocycles. The van der Waals surface area contributed by atoms with E-state index < -0.39 is 9.84 Å². The minimum Gasteiger partial charge on any atom is -0.370 e. The third-order valence-electron chi connectivity index (χ3n) is 2.87. The molecule has 0 spiro atoms. The SMILES string of the molecule is CCCCN=C(N)NCCc1ccc(S(C)(=O)=O)cc1. The zero-order valence-electron chi connectivity index (χ0n) is 12.1. The zero-order chi connectivity index (χ0) is 15.0. The van der Waals surface area contributed by atoms with Gasteiger partial charge in [0.15, 0.2) is 15.8 Å². The number of unbranched alkanes of at least 4 members (excludes halogenated alkanes) is 1. The summed E-state index contributed by atoms with van der Waals surface area (Å²) in [5.41, 5.74) is 6.78. The number of aliphatic imine (C=N–C) groups is 1. The molecule has 0 fully saturated rings. The Bertz CT molecular complexity index is 536. The molecule has 112 valence electrons. The molecule has 0 bridgehead atoms. The molecule has 5 nitrogen and oxygen atoms in total. The highest BCUT2D eigenvalue weighted by molar-refractivity contribution is 7.90. The number of sulfone groups is 1. The maximum atomic E-state index is 11.3. The molecule has 3 N–H and O–H groups in total. The van der Waals surface area contributed by atoms with Gasteiger partial charge in [-0.1, -0.05) is 25.5 Å². The van der Waals surface area contributed by atoms with E-state index in [1.54, 1.807) is 12.1 Å². The number of nitrogens with one attached hydrogen (secondary N) is 1. The maximum absolute atomic E-state index is 11.3. The topological polar surface area (TPSA) is 84.5 Å². The van der Waals surface area contributed by atoms with Gasteiger partial charge in [0.05, 0.1) is 4.90 Å². The molecule has 0 atom stereocenters. The van der Waals surface area contributed by atoms with Crippen molar-refractivity contribution in [2.24, 2.45) is 10.7 Å². The summed E-state index contributed by atoms with van der Waals surface area (Å²) in [7, 11) is -3.12. The van der Waals surface area contributed by atoms with Crippen molar-refractivity contribution in [3.8, 4) is 0 Å². The van der Waals surface area contributed by atoms with Crippen LogP contribution in [0, 0.1) is 0 Å². The van der Waals surface area contributed by atoms with Crippen LogP contribution in [-0.4, -0.2) is 33.7 Å². The lowest BCUT2D eigenvalue weighted by Gasteiger charge is -2.06. The molecule has 0 amide bonds. The fourth-order valence-electron chi connectivity index (χ4n) is 1.65. The highest BCUT2D eigenvalue weighted by Crippen LogP contribution is 2.10. The minimum absolute atomic E-state index is 0.342. The normalized spacial score (nSPS) is 12.4. The molecular formula is C14H23N3O2S. The predicted molar refractivity (Wildman–Crippen MR) is 82.7 cm³/mol. The van der Waals surface area contributed by atoms with Crippen LogP contribution in [0.4, 0.5) is 0 Å². The lowest BCUT2D eigenvalue weighted by atomic mass is 10.1. The summed E-state index contributed by atoms with van der Waals surface area (Å²) in [5, 5.41) is 3.04. The highest BCUT2D eigenvalue weighted by Gasteiger charge is 2.05. The molecule has 0 saturated heterocycles. The van der Waals surface area contributed by atoms with Crippen LogP contribution >= 0.6 is 0 Å². The van der Waals surface area contributed by atoms with Crippen molar-refractivity contribution in [1.82, 2.24) is 5.32 Å². The lowest BCUT2D eigenvalue weighted by molar-refractivity contribution is 0.602. The lowest BCUT2D eigenvalue weighted by Crippen LogP contribution is -2.33. The van der Waals surface area contributed by atoms with E-state index in [1.807, 2.05) is 12.1 Å². The van der Waals surface area contributed by atoms with Gasteiger partial charge >= 0.3 is 0 Å². The van der Waals surface area contributed by atoms with Crippen molar-refractivity contribution in [2.45, 2.75) is 31.1 Å². The van der Waals surface area contributed by atoms with Crippen molar-refractivity contribution in [3.05, 3.63) is 29.8 Å². The van der Waals surface area contributed by atoms with E-state index in [1.165, 1.54) is 6.26 Å². The van der Waals surface area contributed by atoms with Crippen LogP contribution in [0.3, 0.4) is 0 Å². The molecule has 0 radical (unpaired) electrons. The van der Waals surface area contributed by atoms with Gasteiger partial charge < -0.3 is 11.1 Å². The van der Waals surface area contributed by atoms with Gasteiger partial charge in [0, 0.05) is 19.3 Å². The molecule has 0 heterocycles. The van der Waals surface area contributed by atoms with Gasteiger partial charge in [0.25, 0.3) is 0 Å². The first-order valence-electron chi connectivity index (χ1n) is 6.76. The van der Waals surface area contributed by atoms with Gasteiger partial charge in [-0.15, -0.1) is 0 Å². The number of guanidine groups is 1. The second kappa shape index (κ2) is 7.89. The fraction of sp³-hybridized carbons (Fsp3) is 0.500. The van der Waals surface area contributed by atoms with E-state index in [9.17, 15) is 8.42 Å². The molecule has 0 aliphatic heterocycles. The van der Waals surface area contributed by atoms with Gasteiger partial charge in [-0.25, -0.2) is 8.42 Å².